The Morgan fingerprint density at radius 3 is 2.71 bits per heavy atom. The van der Waals surface area contributed by atoms with E-state index in [1.165, 1.54) is 24.1 Å². The fourth-order valence-electron chi connectivity index (χ4n) is 3.77. The number of hydrogen-bond donors (Lipinski definition) is 2. The Hall–Kier alpha value is -3.73. The van der Waals surface area contributed by atoms with Gasteiger partial charge in [0.25, 0.3) is 0 Å². The summed E-state index contributed by atoms with van der Waals surface area (Å²) in [5, 5.41) is 5.64. The molecule has 0 fully saturated rings. The van der Waals surface area contributed by atoms with Crippen LogP contribution >= 0.6 is 0 Å². The summed E-state index contributed by atoms with van der Waals surface area (Å²) >= 11 is 0. The topological polar surface area (TPSA) is 105 Å². The van der Waals surface area contributed by atoms with Crippen molar-refractivity contribution in [2.24, 2.45) is 4.99 Å². The van der Waals surface area contributed by atoms with Gasteiger partial charge in [0, 0.05) is 19.6 Å². The number of rotatable bonds is 7. The molecule has 9 nitrogen and oxygen atoms in total. The number of carbonyl (C=O) groups excluding carboxylic acids is 2. The number of urea groups is 1. The summed E-state index contributed by atoms with van der Waals surface area (Å²) in [6.45, 7) is 0.564. The van der Waals surface area contributed by atoms with Gasteiger partial charge in [-0.05, 0) is 36.6 Å². The first-order valence-corrected chi connectivity index (χ1v) is 10.6. The molecule has 34 heavy (non-hydrogen) atoms. The highest BCUT2D eigenvalue weighted by Gasteiger charge is 2.33. The lowest BCUT2D eigenvalue weighted by Crippen LogP contribution is -2.51. The maximum absolute atomic E-state index is 13.2. The van der Waals surface area contributed by atoms with Crippen molar-refractivity contribution in [2.45, 2.75) is 31.9 Å². The van der Waals surface area contributed by atoms with Crippen molar-refractivity contribution in [3.63, 3.8) is 0 Å². The van der Waals surface area contributed by atoms with E-state index in [2.05, 4.69) is 20.4 Å². The lowest BCUT2D eigenvalue weighted by Gasteiger charge is -2.33. The van der Waals surface area contributed by atoms with E-state index in [1.54, 1.807) is 30.7 Å². The highest BCUT2D eigenvalue weighted by molar-refractivity contribution is 6.02. The fourth-order valence-corrected chi connectivity index (χ4v) is 3.77. The van der Waals surface area contributed by atoms with Crippen LogP contribution in [0.4, 0.5) is 13.6 Å². The molecular formula is C23H24F2N4O5. The minimum Gasteiger partial charge on any atom is -0.472 e. The van der Waals surface area contributed by atoms with E-state index < -0.39 is 18.2 Å². The van der Waals surface area contributed by atoms with Crippen LogP contribution in [0.2, 0.25) is 0 Å². The number of methoxy groups -OCH3 is 1. The number of hydrogen-bond acceptors (Lipinski definition) is 6. The minimum absolute atomic E-state index is 0.00967. The largest absolute Gasteiger partial charge is 0.472 e. The smallest absolute Gasteiger partial charge is 0.394 e. The zero-order valence-corrected chi connectivity index (χ0v) is 18.6. The molecule has 0 saturated heterocycles. The molecule has 0 saturated carbocycles. The number of amides is 3. The van der Waals surface area contributed by atoms with E-state index in [-0.39, 0.29) is 24.8 Å². The van der Waals surface area contributed by atoms with Crippen molar-refractivity contribution in [2.75, 3.05) is 20.3 Å². The number of allylic oxidation sites excluding steroid dienone is 1. The first-order chi connectivity index (χ1) is 16.2. The van der Waals surface area contributed by atoms with Crippen LogP contribution in [-0.4, -0.2) is 48.9 Å². The lowest BCUT2D eigenvalue weighted by atomic mass is 10.0. The van der Waals surface area contributed by atoms with Crippen molar-refractivity contribution in [3.05, 3.63) is 65.5 Å². The monoisotopic (exact) mass is 474 g/mol. The third kappa shape index (κ3) is 5.42. The number of ether oxygens (including phenoxy) is 2. The summed E-state index contributed by atoms with van der Waals surface area (Å²) in [5.74, 6) is 0.0374. The molecule has 0 aliphatic carbocycles. The fraction of sp³-hybridized carbons (Fsp3) is 0.348. The van der Waals surface area contributed by atoms with E-state index in [1.807, 2.05) is 0 Å². The number of carbonyl (C=O) groups is 2. The van der Waals surface area contributed by atoms with Gasteiger partial charge in [0.2, 0.25) is 5.91 Å². The van der Waals surface area contributed by atoms with Crippen LogP contribution in [0, 0.1) is 0 Å². The highest BCUT2D eigenvalue weighted by Crippen LogP contribution is 2.28. The third-order valence-corrected chi connectivity index (χ3v) is 5.28. The summed E-state index contributed by atoms with van der Waals surface area (Å²) in [7, 11) is 1.48. The van der Waals surface area contributed by atoms with Crippen molar-refractivity contribution in [3.8, 4) is 5.75 Å². The van der Waals surface area contributed by atoms with Gasteiger partial charge in [0.05, 0.1) is 36.6 Å². The van der Waals surface area contributed by atoms with Crippen molar-refractivity contribution < 1.29 is 32.3 Å². The predicted molar refractivity (Wildman–Crippen MR) is 117 cm³/mol. The van der Waals surface area contributed by atoms with E-state index in [9.17, 15) is 18.4 Å². The second-order valence-electron chi connectivity index (χ2n) is 7.94. The number of alkyl halides is 2. The van der Waals surface area contributed by atoms with Gasteiger partial charge in [-0.25, -0.2) is 9.79 Å². The van der Waals surface area contributed by atoms with Crippen LogP contribution in [-0.2, 0) is 9.53 Å². The predicted octanol–water partition coefficient (Wildman–Crippen LogP) is 3.55. The average molecular weight is 474 g/mol. The Morgan fingerprint density at radius 2 is 2.06 bits per heavy atom. The van der Waals surface area contributed by atoms with Crippen molar-refractivity contribution in [1.82, 2.24) is 15.5 Å². The van der Waals surface area contributed by atoms with E-state index in [0.29, 0.717) is 36.8 Å². The van der Waals surface area contributed by atoms with Gasteiger partial charge in [-0.2, -0.15) is 8.78 Å². The molecule has 1 aromatic carbocycles. The van der Waals surface area contributed by atoms with Gasteiger partial charge < -0.3 is 24.5 Å². The first kappa shape index (κ1) is 23.4. The number of halogens is 2. The molecular weight excluding hydrogens is 450 g/mol. The molecule has 11 heteroatoms. The number of nitrogens with one attached hydrogen (secondary N) is 2. The first-order valence-electron chi connectivity index (χ1n) is 10.6. The molecule has 4 rings (SSSR count). The van der Waals surface area contributed by atoms with Crippen LogP contribution in [0.1, 0.15) is 36.9 Å². The molecule has 0 bridgehead atoms. The maximum Gasteiger partial charge on any atom is 0.394 e. The van der Waals surface area contributed by atoms with Gasteiger partial charge in [-0.15, -0.1) is 0 Å². The summed E-state index contributed by atoms with van der Waals surface area (Å²) in [4.78, 5) is 31.4. The molecule has 3 heterocycles. The molecule has 2 aliphatic heterocycles. The Morgan fingerprint density at radius 1 is 1.29 bits per heavy atom. The van der Waals surface area contributed by atoms with Gasteiger partial charge >= 0.3 is 12.1 Å². The SMILES string of the molecule is COCC(NC(=O)N1CC(=O)NC2=C1N=C(c1ccoc1)CC2)c1ccc(OC(C)(F)F)cc1. The van der Waals surface area contributed by atoms with E-state index in [4.69, 9.17) is 9.15 Å². The maximum atomic E-state index is 13.2. The Kier molecular flexibility index (Phi) is 6.64. The summed E-state index contributed by atoms with van der Waals surface area (Å²) in [6.07, 6.45) is 0.915. The highest BCUT2D eigenvalue weighted by atomic mass is 19.3. The third-order valence-electron chi connectivity index (χ3n) is 5.28. The average Bonchev–Trinajstić information content (AvgIpc) is 3.32. The van der Waals surface area contributed by atoms with Gasteiger partial charge in [0.1, 0.15) is 12.3 Å². The van der Waals surface area contributed by atoms with Gasteiger partial charge in [-0.3, -0.25) is 9.69 Å². The standard InChI is InChI=1S/C23H24F2N4O5/c1-23(24,25)34-16-5-3-14(4-6-16)19(13-32-2)28-22(31)29-11-20(30)26-18-8-7-17(27-21(18)29)15-9-10-33-12-15/h3-6,9-10,12,19H,7-8,11,13H2,1-2H3,(H,26,30)(H,28,31). The van der Waals surface area contributed by atoms with Crippen LogP contribution < -0.4 is 15.4 Å². The number of aliphatic imine (C=N–C) groups is 1. The Bertz CT molecular complexity index is 1110. The zero-order chi connectivity index (χ0) is 24.3. The number of furan rings is 1. The Labute approximate surface area is 194 Å². The zero-order valence-electron chi connectivity index (χ0n) is 18.6. The molecule has 3 amide bonds. The minimum atomic E-state index is -3.31. The lowest BCUT2D eigenvalue weighted by molar-refractivity contribution is -0.159. The molecule has 2 N–H and O–H groups in total. The molecule has 180 valence electrons. The van der Waals surface area contributed by atoms with Crippen molar-refractivity contribution >= 4 is 17.6 Å². The molecule has 2 aromatic rings. The molecule has 1 atom stereocenters. The van der Waals surface area contributed by atoms with E-state index >= 15 is 0 Å². The summed E-state index contributed by atoms with van der Waals surface area (Å²) in [5.41, 5.74) is 2.74. The Balaban J connectivity index is 1.54. The van der Waals surface area contributed by atoms with Crippen LogP contribution in [0.3, 0.4) is 0 Å². The van der Waals surface area contributed by atoms with E-state index in [0.717, 1.165) is 11.3 Å². The van der Waals surface area contributed by atoms with Crippen LogP contribution in [0.5, 0.6) is 5.75 Å². The molecule has 0 radical (unpaired) electrons. The second-order valence-corrected chi connectivity index (χ2v) is 7.94. The van der Waals surface area contributed by atoms with Crippen LogP contribution in [0.15, 0.2) is 63.8 Å². The molecule has 2 aliphatic rings. The molecule has 0 spiro atoms. The number of benzene rings is 1. The normalized spacial score (nSPS) is 17.0. The second kappa shape index (κ2) is 9.64. The molecule has 1 unspecified atom stereocenters. The number of nitrogens with zero attached hydrogens (tertiary/aromatic N) is 2. The summed E-state index contributed by atoms with van der Waals surface area (Å²) in [6, 6.07) is 6.54. The van der Waals surface area contributed by atoms with Crippen LogP contribution in [0.25, 0.3) is 0 Å². The van der Waals surface area contributed by atoms with Gasteiger partial charge in [0.15, 0.2) is 5.82 Å². The van der Waals surface area contributed by atoms with Gasteiger partial charge in [-0.1, -0.05) is 12.1 Å². The summed E-state index contributed by atoms with van der Waals surface area (Å²) < 4.78 is 41.1. The molecule has 1 aromatic heterocycles. The van der Waals surface area contributed by atoms with Crippen molar-refractivity contribution in [1.29, 1.82) is 0 Å². The quantitative estimate of drug-likeness (QED) is 0.639.